The van der Waals surface area contributed by atoms with Crippen LogP contribution in [0.25, 0.3) is 0 Å². The highest BCUT2D eigenvalue weighted by Crippen LogP contribution is 2.29. The molecule has 0 radical (unpaired) electrons. The highest BCUT2D eigenvalue weighted by Gasteiger charge is 2.25. The SMILES string of the molecule is COC(=O)Nc1cc(C(=O)N2CCNCC2)ccc1N1CCN(C(=O)c2ccc(C#N)cc2)CC1. The van der Waals surface area contributed by atoms with E-state index >= 15 is 0 Å². The molecule has 2 saturated heterocycles. The lowest BCUT2D eigenvalue weighted by atomic mass is 10.1. The monoisotopic (exact) mass is 476 g/mol. The van der Waals surface area contributed by atoms with Crippen LogP contribution in [0.1, 0.15) is 26.3 Å². The topological polar surface area (TPSA) is 118 Å². The number of benzene rings is 2. The van der Waals surface area contributed by atoms with Crippen molar-refractivity contribution in [2.75, 3.05) is 69.7 Å². The van der Waals surface area contributed by atoms with E-state index in [0.29, 0.717) is 61.6 Å². The highest BCUT2D eigenvalue weighted by atomic mass is 16.5. The molecule has 0 unspecified atom stereocenters. The van der Waals surface area contributed by atoms with Crippen LogP contribution in [-0.4, -0.2) is 87.2 Å². The van der Waals surface area contributed by atoms with E-state index in [0.717, 1.165) is 18.8 Å². The third kappa shape index (κ3) is 5.53. The lowest BCUT2D eigenvalue weighted by molar-refractivity contribution is 0.0731. The smallest absolute Gasteiger partial charge is 0.411 e. The maximum Gasteiger partial charge on any atom is 0.411 e. The van der Waals surface area contributed by atoms with Crippen molar-refractivity contribution in [2.45, 2.75) is 0 Å². The second kappa shape index (κ2) is 10.9. The molecule has 0 saturated carbocycles. The van der Waals surface area contributed by atoms with Gasteiger partial charge in [0, 0.05) is 63.5 Å². The summed E-state index contributed by atoms with van der Waals surface area (Å²) in [4.78, 5) is 43.5. The van der Waals surface area contributed by atoms with Crippen molar-refractivity contribution in [2.24, 2.45) is 0 Å². The zero-order chi connectivity index (χ0) is 24.8. The Morgan fingerprint density at radius 1 is 0.886 bits per heavy atom. The molecule has 0 bridgehead atoms. The van der Waals surface area contributed by atoms with Gasteiger partial charge in [0.1, 0.15) is 0 Å². The molecule has 35 heavy (non-hydrogen) atoms. The van der Waals surface area contributed by atoms with Gasteiger partial charge in [-0.2, -0.15) is 5.26 Å². The molecular formula is C25H28N6O4. The average Bonchev–Trinajstić information content (AvgIpc) is 2.92. The molecule has 10 nitrogen and oxygen atoms in total. The van der Waals surface area contributed by atoms with E-state index in [1.807, 2.05) is 6.07 Å². The van der Waals surface area contributed by atoms with Crippen LogP contribution in [0.5, 0.6) is 0 Å². The first-order valence-corrected chi connectivity index (χ1v) is 11.5. The van der Waals surface area contributed by atoms with Crippen LogP contribution < -0.4 is 15.5 Å². The fourth-order valence-corrected chi connectivity index (χ4v) is 4.28. The van der Waals surface area contributed by atoms with E-state index in [4.69, 9.17) is 10.00 Å². The molecule has 2 heterocycles. The number of piperazine rings is 2. The van der Waals surface area contributed by atoms with E-state index in [1.54, 1.807) is 46.2 Å². The molecule has 2 fully saturated rings. The van der Waals surface area contributed by atoms with Gasteiger partial charge in [0.25, 0.3) is 11.8 Å². The minimum atomic E-state index is -0.618. The molecule has 0 aromatic heterocycles. The number of methoxy groups -OCH3 is 1. The van der Waals surface area contributed by atoms with Crippen LogP contribution in [0.2, 0.25) is 0 Å². The van der Waals surface area contributed by atoms with Gasteiger partial charge >= 0.3 is 6.09 Å². The Balaban J connectivity index is 1.48. The van der Waals surface area contributed by atoms with Crippen LogP contribution in [0.15, 0.2) is 42.5 Å². The first-order valence-electron chi connectivity index (χ1n) is 11.5. The summed E-state index contributed by atoms with van der Waals surface area (Å²) in [5.41, 5.74) is 2.80. The van der Waals surface area contributed by atoms with Gasteiger partial charge in [0.05, 0.1) is 30.1 Å². The van der Waals surface area contributed by atoms with Gasteiger partial charge in [0.2, 0.25) is 0 Å². The molecule has 3 amide bonds. The van der Waals surface area contributed by atoms with Gasteiger partial charge in [-0.15, -0.1) is 0 Å². The van der Waals surface area contributed by atoms with Crippen LogP contribution >= 0.6 is 0 Å². The molecule has 0 spiro atoms. The Hall–Kier alpha value is -4.10. The maximum absolute atomic E-state index is 13.0. The van der Waals surface area contributed by atoms with Crippen LogP contribution in [0.3, 0.4) is 0 Å². The number of carbonyl (C=O) groups excluding carboxylic acids is 3. The Bertz CT molecular complexity index is 1130. The van der Waals surface area contributed by atoms with E-state index in [2.05, 4.69) is 21.6 Å². The molecule has 2 aliphatic rings. The Morgan fingerprint density at radius 3 is 2.11 bits per heavy atom. The molecule has 2 aliphatic heterocycles. The minimum Gasteiger partial charge on any atom is -0.453 e. The Kier molecular flexibility index (Phi) is 7.48. The number of hydrogen-bond donors (Lipinski definition) is 2. The largest absolute Gasteiger partial charge is 0.453 e. The molecular weight excluding hydrogens is 448 g/mol. The van der Waals surface area contributed by atoms with E-state index in [-0.39, 0.29) is 11.8 Å². The Morgan fingerprint density at radius 2 is 1.49 bits per heavy atom. The van der Waals surface area contributed by atoms with Crippen molar-refractivity contribution in [1.29, 1.82) is 5.26 Å². The molecule has 2 aromatic carbocycles. The zero-order valence-corrected chi connectivity index (χ0v) is 19.6. The van der Waals surface area contributed by atoms with E-state index < -0.39 is 6.09 Å². The molecule has 4 rings (SSSR count). The first kappa shape index (κ1) is 24.0. The second-order valence-electron chi connectivity index (χ2n) is 8.36. The zero-order valence-electron chi connectivity index (χ0n) is 19.6. The summed E-state index contributed by atoms with van der Waals surface area (Å²) >= 11 is 0. The minimum absolute atomic E-state index is 0.0798. The molecule has 2 N–H and O–H groups in total. The molecule has 10 heteroatoms. The van der Waals surface area contributed by atoms with Crippen molar-refractivity contribution in [3.63, 3.8) is 0 Å². The fourth-order valence-electron chi connectivity index (χ4n) is 4.28. The number of amides is 3. The molecule has 2 aromatic rings. The van der Waals surface area contributed by atoms with Gasteiger partial charge in [0.15, 0.2) is 0 Å². The summed E-state index contributed by atoms with van der Waals surface area (Å²) in [5.74, 6) is -0.164. The predicted octanol–water partition coefficient (Wildman–Crippen LogP) is 1.74. The lowest BCUT2D eigenvalue weighted by Gasteiger charge is -2.37. The fraction of sp³-hybridized carbons (Fsp3) is 0.360. The standard InChI is InChI=1S/C25H28N6O4/c1-35-25(34)28-21-16-20(24(33)30-10-8-27-9-11-30)6-7-22(21)29-12-14-31(15-13-29)23(32)19-4-2-18(17-26)3-5-19/h2-7,16,27H,8-15H2,1H3,(H,28,34). The molecule has 0 aliphatic carbocycles. The normalized spacial score (nSPS) is 15.8. The third-order valence-corrected chi connectivity index (χ3v) is 6.24. The summed E-state index contributed by atoms with van der Waals surface area (Å²) < 4.78 is 4.78. The van der Waals surface area contributed by atoms with Crippen molar-refractivity contribution < 1.29 is 19.1 Å². The number of nitrogens with one attached hydrogen (secondary N) is 2. The van der Waals surface area contributed by atoms with Gasteiger partial charge in [-0.3, -0.25) is 14.9 Å². The Labute approximate surface area is 204 Å². The number of carbonyl (C=O) groups is 3. The van der Waals surface area contributed by atoms with E-state index in [9.17, 15) is 14.4 Å². The summed E-state index contributed by atoms with van der Waals surface area (Å²) in [6.45, 7) is 4.89. The van der Waals surface area contributed by atoms with Crippen LogP contribution in [0, 0.1) is 11.3 Å². The molecule has 0 atom stereocenters. The maximum atomic E-state index is 13.0. The summed E-state index contributed by atoms with van der Waals surface area (Å²) in [5, 5.41) is 14.9. The number of nitrogens with zero attached hydrogens (tertiary/aromatic N) is 4. The number of rotatable bonds is 4. The van der Waals surface area contributed by atoms with Gasteiger partial charge in [-0.05, 0) is 42.5 Å². The summed E-state index contributed by atoms with van der Waals surface area (Å²) in [6, 6.07) is 13.9. The van der Waals surface area contributed by atoms with Gasteiger partial charge in [-0.25, -0.2) is 4.79 Å². The summed E-state index contributed by atoms with van der Waals surface area (Å²) in [7, 11) is 1.29. The van der Waals surface area contributed by atoms with Gasteiger partial charge < -0.3 is 24.8 Å². The molecule has 182 valence electrons. The summed E-state index contributed by atoms with van der Waals surface area (Å²) in [6.07, 6.45) is -0.618. The lowest BCUT2D eigenvalue weighted by Crippen LogP contribution is -2.49. The van der Waals surface area contributed by atoms with Crippen LogP contribution in [0.4, 0.5) is 16.2 Å². The van der Waals surface area contributed by atoms with Crippen LogP contribution in [-0.2, 0) is 4.74 Å². The quantitative estimate of drug-likeness (QED) is 0.690. The van der Waals surface area contributed by atoms with E-state index in [1.165, 1.54) is 7.11 Å². The van der Waals surface area contributed by atoms with Crippen molar-refractivity contribution in [3.05, 3.63) is 59.2 Å². The van der Waals surface area contributed by atoms with Crippen molar-refractivity contribution in [1.82, 2.24) is 15.1 Å². The first-order chi connectivity index (χ1) is 17.0. The van der Waals surface area contributed by atoms with Crippen molar-refractivity contribution >= 4 is 29.3 Å². The highest BCUT2D eigenvalue weighted by molar-refractivity contribution is 5.99. The predicted molar refractivity (Wildman–Crippen MR) is 131 cm³/mol. The van der Waals surface area contributed by atoms with Gasteiger partial charge in [-0.1, -0.05) is 0 Å². The third-order valence-electron chi connectivity index (χ3n) is 6.24. The van der Waals surface area contributed by atoms with Crippen molar-refractivity contribution in [3.8, 4) is 6.07 Å². The second-order valence-corrected chi connectivity index (χ2v) is 8.36. The number of hydrogen-bond acceptors (Lipinski definition) is 7. The number of ether oxygens (including phenoxy) is 1. The number of anilines is 2. The average molecular weight is 477 g/mol. The number of nitriles is 1.